The van der Waals surface area contributed by atoms with E-state index in [1.54, 1.807) is 30.5 Å². The molecule has 162 valence electrons. The third kappa shape index (κ3) is 5.03. The summed E-state index contributed by atoms with van der Waals surface area (Å²) in [5.41, 5.74) is 5.65. The maximum atomic E-state index is 12.7. The number of para-hydroxylation sites is 1. The van der Waals surface area contributed by atoms with Crippen molar-refractivity contribution in [3.05, 3.63) is 52.1 Å². The molecule has 1 atom stereocenters. The molecule has 0 unspecified atom stereocenters. The number of nitrogens with zero attached hydrogens (tertiary/aromatic N) is 3. The summed E-state index contributed by atoms with van der Waals surface area (Å²) in [6, 6.07) is 9.15. The number of carbonyl (C=O) groups is 2. The summed E-state index contributed by atoms with van der Waals surface area (Å²) in [6.45, 7) is 2.01. The first-order chi connectivity index (χ1) is 14.9. The molecule has 8 nitrogen and oxygen atoms in total. The van der Waals surface area contributed by atoms with Crippen molar-refractivity contribution in [3.8, 4) is 5.75 Å². The van der Waals surface area contributed by atoms with E-state index in [0.29, 0.717) is 38.4 Å². The molecule has 1 aliphatic rings. The molecule has 0 spiro atoms. The van der Waals surface area contributed by atoms with Crippen LogP contribution >= 0.6 is 34.7 Å². The number of primary amides is 1. The number of hydrogen-bond donors (Lipinski definition) is 2. The lowest BCUT2D eigenvalue weighted by Crippen LogP contribution is -2.24. The monoisotopic (exact) mass is 477 g/mol. The Balaban J connectivity index is 1.44. The quantitative estimate of drug-likeness (QED) is 0.448. The fraction of sp³-hybridized carbons (Fsp3) is 0.300. The van der Waals surface area contributed by atoms with Gasteiger partial charge in [0.25, 0.3) is 5.91 Å². The van der Waals surface area contributed by atoms with Crippen LogP contribution in [0.15, 0.2) is 40.9 Å². The number of aromatic nitrogens is 3. The van der Waals surface area contributed by atoms with Crippen LogP contribution in [0.1, 0.15) is 42.0 Å². The summed E-state index contributed by atoms with van der Waals surface area (Å²) in [7, 11) is 0. The second kappa shape index (κ2) is 9.29. The molecule has 1 fully saturated rings. The van der Waals surface area contributed by atoms with Gasteiger partial charge in [-0.2, -0.15) is 0 Å². The van der Waals surface area contributed by atoms with Gasteiger partial charge in [0.15, 0.2) is 11.0 Å². The summed E-state index contributed by atoms with van der Waals surface area (Å²) >= 11 is 8.73. The number of halogens is 1. The topological polar surface area (TPSA) is 112 Å². The van der Waals surface area contributed by atoms with Gasteiger partial charge in [0.2, 0.25) is 5.91 Å². The fourth-order valence-electron chi connectivity index (χ4n) is 2.92. The summed E-state index contributed by atoms with van der Waals surface area (Å²) in [5.74, 6) is 0.451. The summed E-state index contributed by atoms with van der Waals surface area (Å²) < 4.78 is 7.86. The highest BCUT2D eigenvalue weighted by Gasteiger charge is 2.31. The average Bonchev–Trinajstić information content (AvgIpc) is 3.33. The van der Waals surface area contributed by atoms with Gasteiger partial charge >= 0.3 is 0 Å². The first kappa shape index (κ1) is 21.7. The molecule has 0 aliphatic heterocycles. The van der Waals surface area contributed by atoms with Crippen molar-refractivity contribution >= 4 is 51.5 Å². The molecule has 3 N–H and O–H groups in total. The molecule has 2 amide bonds. The third-order valence-corrected chi connectivity index (χ3v) is 6.86. The number of anilines is 1. The first-order valence-corrected chi connectivity index (χ1v) is 11.7. The Bertz CT molecular complexity index is 1110. The Hall–Kier alpha value is -2.56. The Morgan fingerprint density at radius 3 is 2.84 bits per heavy atom. The molecule has 3 aromatic rings. The average molecular weight is 478 g/mol. The molecular weight excluding hydrogens is 458 g/mol. The van der Waals surface area contributed by atoms with E-state index in [0.717, 1.165) is 12.8 Å². The van der Waals surface area contributed by atoms with E-state index in [1.165, 1.54) is 23.1 Å². The van der Waals surface area contributed by atoms with Crippen molar-refractivity contribution in [2.24, 2.45) is 5.73 Å². The van der Waals surface area contributed by atoms with Gasteiger partial charge in [0, 0.05) is 6.04 Å². The van der Waals surface area contributed by atoms with E-state index in [-0.39, 0.29) is 12.5 Å². The number of thiophene rings is 1. The van der Waals surface area contributed by atoms with Gasteiger partial charge in [0.05, 0.1) is 15.8 Å². The second-order valence-corrected chi connectivity index (χ2v) is 9.63. The van der Waals surface area contributed by atoms with Gasteiger partial charge < -0.3 is 15.8 Å². The summed E-state index contributed by atoms with van der Waals surface area (Å²) in [6.07, 6.45) is 2.06. The number of amides is 2. The number of rotatable bonds is 9. The molecule has 1 aliphatic carbocycles. The van der Waals surface area contributed by atoms with Crippen LogP contribution in [0.2, 0.25) is 5.02 Å². The van der Waals surface area contributed by atoms with Gasteiger partial charge in [-0.1, -0.05) is 35.5 Å². The van der Waals surface area contributed by atoms with Crippen LogP contribution < -0.4 is 15.8 Å². The lowest BCUT2D eigenvalue weighted by Gasteiger charge is -2.13. The number of carbonyl (C=O) groups excluding carboxylic acids is 2. The number of thioether (sulfide) groups is 1. The van der Waals surface area contributed by atoms with E-state index >= 15 is 0 Å². The maximum Gasteiger partial charge on any atom is 0.251 e. The molecule has 2 aromatic heterocycles. The van der Waals surface area contributed by atoms with Gasteiger partial charge in [-0.15, -0.1) is 21.5 Å². The number of ether oxygens (including phenoxy) is 1. The standard InChI is InChI=1S/C20H20ClN5O3S2/c1-11(18(28)23-19-13(17(22)27)8-9-30-19)31-20-25-24-16(26(20)12-6-7-12)10-29-15-5-3-2-4-14(15)21/h2-5,8-9,11-12H,6-7,10H2,1H3,(H2,22,27)(H,23,28)/t11-/m1/s1. The van der Waals surface area contributed by atoms with E-state index in [1.807, 2.05) is 16.7 Å². The van der Waals surface area contributed by atoms with Crippen molar-refractivity contribution in [1.82, 2.24) is 14.8 Å². The normalized spacial score (nSPS) is 14.3. The molecule has 0 saturated heterocycles. The minimum Gasteiger partial charge on any atom is -0.484 e. The van der Waals surface area contributed by atoms with Crippen molar-refractivity contribution in [2.75, 3.05) is 5.32 Å². The van der Waals surface area contributed by atoms with Crippen LogP contribution in [0.5, 0.6) is 5.75 Å². The van der Waals surface area contributed by atoms with Crippen molar-refractivity contribution < 1.29 is 14.3 Å². The minimum atomic E-state index is -0.575. The Morgan fingerprint density at radius 2 is 2.13 bits per heavy atom. The SMILES string of the molecule is C[C@@H](Sc1nnc(COc2ccccc2Cl)n1C1CC1)C(=O)Nc1sccc1C(N)=O. The number of nitrogens with two attached hydrogens (primary N) is 1. The zero-order valence-corrected chi connectivity index (χ0v) is 19.0. The van der Waals surface area contributed by atoms with Crippen LogP contribution in [0, 0.1) is 0 Å². The highest BCUT2D eigenvalue weighted by atomic mass is 35.5. The van der Waals surface area contributed by atoms with E-state index in [2.05, 4.69) is 15.5 Å². The van der Waals surface area contributed by atoms with Crippen molar-refractivity contribution in [2.45, 2.75) is 42.8 Å². The van der Waals surface area contributed by atoms with Crippen LogP contribution in [-0.4, -0.2) is 31.8 Å². The van der Waals surface area contributed by atoms with Crippen LogP contribution in [0.4, 0.5) is 5.00 Å². The molecule has 1 aromatic carbocycles. The lowest BCUT2D eigenvalue weighted by molar-refractivity contribution is -0.115. The summed E-state index contributed by atoms with van der Waals surface area (Å²) in [4.78, 5) is 24.1. The maximum absolute atomic E-state index is 12.7. The minimum absolute atomic E-state index is 0.228. The fourth-order valence-corrected chi connectivity index (χ4v) is 4.84. The number of nitrogens with one attached hydrogen (secondary N) is 1. The van der Waals surface area contributed by atoms with E-state index < -0.39 is 11.2 Å². The second-order valence-electron chi connectivity index (χ2n) is 7.00. The molecular formula is C20H20ClN5O3S2. The molecule has 31 heavy (non-hydrogen) atoms. The largest absolute Gasteiger partial charge is 0.484 e. The Labute approximate surface area is 192 Å². The predicted molar refractivity (Wildman–Crippen MR) is 121 cm³/mol. The zero-order chi connectivity index (χ0) is 22.0. The van der Waals surface area contributed by atoms with E-state index in [9.17, 15) is 9.59 Å². The molecule has 0 bridgehead atoms. The van der Waals surface area contributed by atoms with Crippen molar-refractivity contribution in [3.63, 3.8) is 0 Å². The molecule has 11 heteroatoms. The molecule has 4 rings (SSSR count). The van der Waals surface area contributed by atoms with E-state index in [4.69, 9.17) is 22.1 Å². The van der Waals surface area contributed by atoms with Gasteiger partial charge in [0.1, 0.15) is 17.4 Å². The number of hydrogen-bond acceptors (Lipinski definition) is 7. The highest BCUT2D eigenvalue weighted by Crippen LogP contribution is 2.40. The highest BCUT2D eigenvalue weighted by molar-refractivity contribution is 8.00. The van der Waals surface area contributed by atoms with Crippen LogP contribution in [0.3, 0.4) is 0 Å². The van der Waals surface area contributed by atoms with Gasteiger partial charge in [-0.05, 0) is 43.3 Å². The lowest BCUT2D eigenvalue weighted by atomic mass is 10.3. The Kier molecular flexibility index (Phi) is 6.49. The molecule has 0 radical (unpaired) electrons. The third-order valence-electron chi connectivity index (χ3n) is 4.66. The van der Waals surface area contributed by atoms with Crippen LogP contribution in [0.25, 0.3) is 0 Å². The Morgan fingerprint density at radius 1 is 1.35 bits per heavy atom. The molecule has 2 heterocycles. The molecule has 1 saturated carbocycles. The first-order valence-electron chi connectivity index (χ1n) is 9.60. The van der Waals surface area contributed by atoms with Gasteiger partial charge in [-0.25, -0.2) is 0 Å². The summed E-state index contributed by atoms with van der Waals surface area (Å²) in [5, 5.41) is 14.2. The number of benzene rings is 1. The van der Waals surface area contributed by atoms with Crippen molar-refractivity contribution in [1.29, 1.82) is 0 Å². The predicted octanol–water partition coefficient (Wildman–Crippen LogP) is 4.13. The smallest absolute Gasteiger partial charge is 0.251 e. The zero-order valence-electron chi connectivity index (χ0n) is 16.6. The van der Waals surface area contributed by atoms with Gasteiger partial charge in [-0.3, -0.25) is 14.2 Å². The van der Waals surface area contributed by atoms with Crippen LogP contribution in [-0.2, 0) is 11.4 Å².